The van der Waals surface area contributed by atoms with Gasteiger partial charge in [-0.3, -0.25) is 9.10 Å². The predicted molar refractivity (Wildman–Crippen MR) is 113 cm³/mol. The van der Waals surface area contributed by atoms with Crippen molar-refractivity contribution >= 4 is 27.3 Å². The van der Waals surface area contributed by atoms with Crippen molar-refractivity contribution in [2.24, 2.45) is 0 Å². The van der Waals surface area contributed by atoms with Gasteiger partial charge in [-0.2, -0.15) is 0 Å². The zero-order chi connectivity index (χ0) is 20.0. The first-order chi connectivity index (χ1) is 13.4. The standard InChI is InChI=1S/C21H27N3O3S/c1-28(26,27)24(20-11-6-3-7-12-20)14-8-13-21(25)23-17-15-22(16-18-23)19-9-4-2-5-10-19/h2-7,9-12H,8,13-18H2,1H3. The van der Waals surface area contributed by atoms with E-state index in [4.69, 9.17) is 0 Å². The number of anilines is 2. The van der Waals surface area contributed by atoms with E-state index in [0.717, 1.165) is 13.1 Å². The molecule has 1 aliphatic rings. The fourth-order valence-electron chi connectivity index (χ4n) is 3.47. The third kappa shape index (κ3) is 5.25. The van der Waals surface area contributed by atoms with Gasteiger partial charge in [0.25, 0.3) is 0 Å². The van der Waals surface area contributed by atoms with Crippen LogP contribution >= 0.6 is 0 Å². The summed E-state index contributed by atoms with van der Waals surface area (Å²) in [7, 11) is -3.38. The molecule has 1 fully saturated rings. The first-order valence-corrected chi connectivity index (χ1v) is 11.4. The monoisotopic (exact) mass is 401 g/mol. The highest BCUT2D eigenvalue weighted by atomic mass is 32.2. The predicted octanol–water partition coefficient (Wildman–Crippen LogP) is 2.58. The van der Waals surface area contributed by atoms with E-state index in [2.05, 4.69) is 17.0 Å². The average Bonchev–Trinajstić information content (AvgIpc) is 2.71. The van der Waals surface area contributed by atoms with Crippen LogP contribution in [0.3, 0.4) is 0 Å². The average molecular weight is 402 g/mol. The van der Waals surface area contributed by atoms with Crippen molar-refractivity contribution in [3.63, 3.8) is 0 Å². The molecule has 0 aliphatic carbocycles. The van der Waals surface area contributed by atoms with Crippen LogP contribution in [0.5, 0.6) is 0 Å². The van der Waals surface area contributed by atoms with Gasteiger partial charge in [0, 0.05) is 44.8 Å². The fraction of sp³-hybridized carbons (Fsp3) is 0.381. The highest BCUT2D eigenvalue weighted by Crippen LogP contribution is 2.19. The largest absolute Gasteiger partial charge is 0.368 e. The van der Waals surface area contributed by atoms with Gasteiger partial charge in [-0.15, -0.1) is 0 Å². The van der Waals surface area contributed by atoms with E-state index in [0.29, 0.717) is 38.2 Å². The summed E-state index contributed by atoms with van der Waals surface area (Å²) < 4.78 is 25.6. The molecule has 1 amide bonds. The Labute approximate surface area is 167 Å². The van der Waals surface area contributed by atoms with Crippen LogP contribution in [-0.2, 0) is 14.8 Å². The molecule has 0 spiro atoms. The lowest BCUT2D eigenvalue weighted by atomic mass is 10.2. The summed E-state index contributed by atoms with van der Waals surface area (Å²) in [5.41, 5.74) is 1.81. The van der Waals surface area contributed by atoms with Crippen molar-refractivity contribution in [2.45, 2.75) is 12.8 Å². The molecule has 1 aliphatic heterocycles. The molecule has 0 unspecified atom stereocenters. The minimum atomic E-state index is -3.38. The van der Waals surface area contributed by atoms with Gasteiger partial charge in [0.05, 0.1) is 11.9 Å². The summed E-state index contributed by atoms with van der Waals surface area (Å²) in [6.07, 6.45) is 2.05. The molecule has 3 rings (SSSR count). The van der Waals surface area contributed by atoms with Crippen LogP contribution in [0, 0.1) is 0 Å². The van der Waals surface area contributed by atoms with Crippen molar-refractivity contribution < 1.29 is 13.2 Å². The molecule has 0 bridgehead atoms. The highest BCUT2D eigenvalue weighted by Gasteiger charge is 2.22. The second-order valence-electron chi connectivity index (χ2n) is 6.98. The number of rotatable bonds is 7. The normalized spacial score (nSPS) is 14.8. The van der Waals surface area contributed by atoms with E-state index >= 15 is 0 Å². The number of carbonyl (C=O) groups is 1. The number of benzene rings is 2. The van der Waals surface area contributed by atoms with Gasteiger partial charge in [0.15, 0.2) is 0 Å². The maximum Gasteiger partial charge on any atom is 0.232 e. The minimum Gasteiger partial charge on any atom is -0.368 e. The molecule has 0 saturated carbocycles. The number of hydrogen-bond donors (Lipinski definition) is 0. The quantitative estimate of drug-likeness (QED) is 0.716. The van der Waals surface area contributed by atoms with Crippen molar-refractivity contribution in [3.8, 4) is 0 Å². The third-order valence-corrected chi connectivity index (χ3v) is 6.14. The Morgan fingerprint density at radius 2 is 1.50 bits per heavy atom. The van der Waals surface area contributed by atoms with Gasteiger partial charge in [-0.05, 0) is 30.7 Å². The maximum absolute atomic E-state index is 12.5. The molecular formula is C21H27N3O3S. The van der Waals surface area contributed by atoms with Crippen molar-refractivity contribution in [2.75, 3.05) is 48.2 Å². The molecule has 28 heavy (non-hydrogen) atoms. The second-order valence-corrected chi connectivity index (χ2v) is 8.88. The van der Waals surface area contributed by atoms with Crippen LogP contribution in [0.4, 0.5) is 11.4 Å². The molecule has 0 N–H and O–H groups in total. The molecule has 0 atom stereocenters. The first kappa shape index (κ1) is 20.2. The Kier molecular flexibility index (Phi) is 6.57. The molecule has 0 radical (unpaired) electrons. The van der Waals surface area contributed by atoms with Gasteiger partial charge in [0.1, 0.15) is 0 Å². The van der Waals surface area contributed by atoms with Crippen LogP contribution in [0.2, 0.25) is 0 Å². The van der Waals surface area contributed by atoms with Crippen molar-refractivity contribution in [1.82, 2.24) is 4.90 Å². The van der Waals surface area contributed by atoms with Crippen LogP contribution in [0.15, 0.2) is 60.7 Å². The summed E-state index contributed by atoms with van der Waals surface area (Å²) in [6, 6.07) is 19.2. The van der Waals surface area contributed by atoms with E-state index in [-0.39, 0.29) is 5.91 Å². The number of para-hydroxylation sites is 2. The highest BCUT2D eigenvalue weighted by molar-refractivity contribution is 7.92. The summed E-state index contributed by atoms with van der Waals surface area (Å²) in [5.74, 6) is 0.0919. The van der Waals surface area contributed by atoms with Gasteiger partial charge in [0.2, 0.25) is 15.9 Å². The van der Waals surface area contributed by atoms with E-state index in [1.807, 2.05) is 41.3 Å². The second kappa shape index (κ2) is 9.10. The zero-order valence-corrected chi connectivity index (χ0v) is 17.0. The van der Waals surface area contributed by atoms with E-state index in [1.165, 1.54) is 16.2 Å². The molecule has 6 nitrogen and oxygen atoms in total. The number of amides is 1. The van der Waals surface area contributed by atoms with E-state index in [1.54, 1.807) is 12.1 Å². The Morgan fingerprint density at radius 3 is 2.07 bits per heavy atom. The lowest BCUT2D eigenvalue weighted by Crippen LogP contribution is -2.48. The zero-order valence-electron chi connectivity index (χ0n) is 16.2. The third-order valence-electron chi connectivity index (χ3n) is 4.95. The number of nitrogens with zero attached hydrogens (tertiary/aromatic N) is 3. The Bertz CT molecular complexity index is 864. The summed E-state index contributed by atoms with van der Waals surface area (Å²) >= 11 is 0. The maximum atomic E-state index is 12.5. The summed E-state index contributed by atoms with van der Waals surface area (Å²) in [6.45, 7) is 3.33. The molecule has 1 heterocycles. The fourth-order valence-corrected chi connectivity index (χ4v) is 4.43. The van der Waals surface area contributed by atoms with E-state index in [9.17, 15) is 13.2 Å². The van der Waals surface area contributed by atoms with Gasteiger partial charge in [-0.25, -0.2) is 8.42 Å². The lowest BCUT2D eigenvalue weighted by Gasteiger charge is -2.36. The van der Waals surface area contributed by atoms with Crippen LogP contribution in [0.1, 0.15) is 12.8 Å². The molecule has 150 valence electrons. The topological polar surface area (TPSA) is 60.9 Å². The van der Waals surface area contributed by atoms with Crippen LogP contribution in [-0.4, -0.2) is 58.2 Å². The van der Waals surface area contributed by atoms with Gasteiger partial charge >= 0.3 is 0 Å². The molecule has 7 heteroatoms. The van der Waals surface area contributed by atoms with Crippen molar-refractivity contribution in [3.05, 3.63) is 60.7 Å². The minimum absolute atomic E-state index is 0.0919. The molecular weight excluding hydrogens is 374 g/mol. The Balaban J connectivity index is 1.49. The van der Waals surface area contributed by atoms with Crippen LogP contribution in [0.25, 0.3) is 0 Å². The number of hydrogen-bond acceptors (Lipinski definition) is 4. The number of piperazine rings is 1. The molecule has 0 aromatic heterocycles. The molecule has 2 aromatic rings. The summed E-state index contributed by atoms with van der Waals surface area (Å²) in [5, 5.41) is 0. The molecule has 2 aromatic carbocycles. The number of sulfonamides is 1. The smallest absolute Gasteiger partial charge is 0.232 e. The van der Waals surface area contributed by atoms with E-state index < -0.39 is 10.0 Å². The Hall–Kier alpha value is -2.54. The van der Waals surface area contributed by atoms with Crippen LogP contribution < -0.4 is 9.21 Å². The first-order valence-electron chi connectivity index (χ1n) is 9.56. The Morgan fingerprint density at radius 1 is 0.929 bits per heavy atom. The van der Waals surface area contributed by atoms with Gasteiger partial charge in [-0.1, -0.05) is 36.4 Å². The van der Waals surface area contributed by atoms with Gasteiger partial charge < -0.3 is 9.80 Å². The summed E-state index contributed by atoms with van der Waals surface area (Å²) in [4.78, 5) is 16.7. The lowest BCUT2D eigenvalue weighted by molar-refractivity contribution is -0.131. The SMILES string of the molecule is CS(=O)(=O)N(CCCC(=O)N1CCN(c2ccccc2)CC1)c1ccccc1. The van der Waals surface area contributed by atoms with Crippen molar-refractivity contribution in [1.29, 1.82) is 0 Å². The molecule has 1 saturated heterocycles. The number of carbonyl (C=O) groups excluding carboxylic acids is 1.